The van der Waals surface area contributed by atoms with Crippen LogP contribution in [0.2, 0.25) is 0 Å². The van der Waals surface area contributed by atoms with Crippen LogP contribution in [0.1, 0.15) is 20.3 Å². The van der Waals surface area contributed by atoms with Gasteiger partial charge < -0.3 is 0 Å². The third kappa shape index (κ3) is 1.53. The van der Waals surface area contributed by atoms with Gasteiger partial charge in [0, 0.05) is 12.1 Å². The van der Waals surface area contributed by atoms with E-state index in [1.165, 1.54) is 5.01 Å². The van der Waals surface area contributed by atoms with E-state index in [0.717, 1.165) is 6.42 Å². The predicted molar refractivity (Wildman–Crippen MR) is 44.8 cm³/mol. The van der Waals surface area contributed by atoms with Gasteiger partial charge in [0.05, 0.1) is 6.04 Å². The Bertz CT molecular complexity index is 193. The number of hydrogen-bond donors (Lipinski definition) is 0. The number of hydrogen-bond acceptors (Lipinski definition) is 2. The first-order valence-electron chi connectivity index (χ1n) is 3.69. The quantitative estimate of drug-likeness (QED) is 0.443. The summed E-state index contributed by atoms with van der Waals surface area (Å²) in [5.41, 5.74) is 0. The Morgan fingerprint density at radius 1 is 1.82 bits per heavy atom. The molecule has 4 heteroatoms. The van der Waals surface area contributed by atoms with Crippen LogP contribution in [0.4, 0.5) is 4.79 Å². The van der Waals surface area contributed by atoms with E-state index in [2.05, 4.69) is 5.10 Å². The number of carbonyl (C=O) groups excluding carboxylic acids is 1. The molecule has 0 aromatic rings. The number of nitrogens with zero attached hydrogens (tertiary/aromatic N) is 2. The van der Waals surface area contributed by atoms with Crippen LogP contribution in [0.5, 0.6) is 0 Å². The average Bonchev–Trinajstić information content (AvgIpc) is 2.30. The van der Waals surface area contributed by atoms with Gasteiger partial charge in [-0.3, -0.25) is 4.79 Å². The van der Waals surface area contributed by atoms with Gasteiger partial charge >= 0.3 is 5.37 Å². The Kier molecular flexibility index (Phi) is 2.49. The Balaban J connectivity index is 2.68. The molecule has 1 amide bonds. The first kappa shape index (κ1) is 8.53. The highest BCUT2D eigenvalue weighted by Crippen LogP contribution is 2.21. The Morgan fingerprint density at radius 3 is 2.82 bits per heavy atom. The molecule has 0 radical (unpaired) electrons. The summed E-state index contributed by atoms with van der Waals surface area (Å²) in [4.78, 5) is 10.7. The van der Waals surface area contributed by atoms with Crippen LogP contribution in [0.25, 0.3) is 0 Å². The van der Waals surface area contributed by atoms with Gasteiger partial charge in [-0.1, -0.05) is 13.8 Å². The van der Waals surface area contributed by atoms with Crippen LogP contribution < -0.4 is 0 Å². The van der Waals surface area contributed by atoms with E-state index in [-0.39, 0.29) is 6.04 Å². The van der Waals surface area contributed by atoms with E-state index in [0.29, 0.717) is 5.92 Å². The van der Waals surface area contributed by atoms with Crippen molar-refractivity contribution < 1.29 is 4.79 Å². The predicted octanol–water partition coefficient (Wildman–Crippen LogP) is 2.06. The lowest BCUT2D eigenvalue weighted by atomic mass is 10.0. The summed E-state index contributed by atoms with van der Waals surface area (Å²) in [5.74, 6) is 0.322. The van der Waals surface area contributed by atoms with Crippen LogP contribution in [0.3, 0.4) is 0 Å². The van der Waals surface area contributed by atoms with Gasteiger partial charge in [0.1, 0.15) is 0 Å². The Labute approximate surface area is 71.0 Å². The van der Waals surface area contributed by atoms with Gasteiger partial charge in [-0.25, -0.2) is 5.01 Å². The second kappa shape index (κ2) is 3.22. The van der Waals surface area contributed by atoms with Crippen LogP contribution in [0, 0.1) is 5.92 Å². The normalized spacial score (nSPS) is 29.5. The van der Waals surface area contributed by atoms with Crippen molar-refractivity contribution >= 4 is 23.2 Å². The lowest BCUT2D eigenvalue weighted by molar-refractivity contribution is 0.199. The molecule has 1 rings (SSSR count). The summed E-state index contributed by atoms with van der Waals surface area (Å²) < 4.78 is 0. The summed E-state index contributed by atoms with van der Waals surface area (Å²) in [7, 11) is 0. The molecule has 2 atom stereocenters. The summed E-state index contributed by atoms with van der Waals surface area (Å²) in [6.07, 6.45) is 2.65. The highest BCUT2D eigenvalue weighted by molar-refractivity contribution is 6.62. The number of amides is 1. The zero-order valence-electron chi connectivity index (χ0n) is 6.62. The molecule has 3 nitrogen and oxygen atoms in total. The van der Waals surface area contributed by atoms with Crippen LogP contribution in [-0.4, -0.2) is 22.6 Å². The minimum Gasteiger partial charge on any atom is -0.253 e. The van der Waals surface area contributed by atoms with Crippen molar-refractivity contribution in [1.29, 1.82) is 0 Å². The first-order valence-corrected chi connectivity index (χ1v) is 4.07. The highest BCUT2D eigenvalue weighted by Gasteiger charge is 2.29. The van der Waals surface area contributed by atoms with Crippen molar-refractivity contribution in [2.45, 2.75) is 26.3 Å². The van der Waals surface area contributed by atoms with E-state index in [4.69, 9.17) is 11.6 Å². The first-order chi connectivity index (χ1) is 5.16. The zero-order chi connectivity index (χ0) is 8.43. The van der Waals surface area contributed by atoms with Crippen molar-refractivity contribution in [1.82, 2.24) is 5.01 Å². The molecule has 0 fully saturated rings. The van der Waals surface area contributed by atoms with Gasteiger partial charge in [-0.2, -0.15) is 5.10 Å². The topological polar surface area (TPSA) is 32.7 Å². The van der Waals surface area contributed by atoms with Gasteiger partial charge in [-0.15, -0.1) is 0 Å². The molecule has 0 aromatic heterocycles. The number of halogens is 1. The third-order valence-electron chi connectivity index (χ3n) is 1.95. The van der Waals surface area contributed by atoms with Crippen LogP contribution in [-0.2, 0) is 0 Å². The maximum atomic E-state index is 10.7. The molecule has 1 aliphatic heterocycles. The molecule has 1 aliphatic rings. The smallest absolute Gasteiger partial charge is 0.253 e. The van der Waals surface area contributed by atoms with Crippen molar-refractivity contribution in [2.24, 2.45) is 11.0 Å². The molecule has 2 unspecified atom stereocenters. The molecule has 0 bridgehead atoms. The molecule has 11 heavy (non-hydrogen) atoms. The van der Waals surface area contributed by atoms with Gasteiger partial charge in [0.2, 0.25) is 0 Å². The SMILES string of the molecule is CCC1C(C)C=NN1C(=O)Cl. The minimum absolute atomic E-state index is 0.153. The largest absolute Gasteiger partial charge is 0.336 e. The molecular weight excluding hydrogens is 164 g/mol. The summed E-state index contributed by atoms with van der Waals surface area (Å²) in [6, 6.07) is 0.153. The highest BCUT2D eigenvalue weighted by atomic mass is 35.5. The second-order valence-electron chi connectivity index (χ2n) is 2.70. The Morgan fingerprint density at radius 2 is 2.45 bits per heavy atom. The van der Waals surface area contributed by atoms with Crippen LogP contribution in [0.15, 0.2) is 5.10 Å². The molecule has 0 saturated carbocycles. The summed E-state index contributed by atoms with van der Waals surface area (Å²) in [5, 5.41) is 4.75. The second-order valence-corrected chi connectivity index (χ2v) is 3.02. The average molecular weight is 175 g/mol. The molecule has 62 valence electrons. The summed E-state index contributed by atoms with van der Waals surface area (Å²) >= 11 is 5.30. The number of hydrazone groups is 1. The van der Waals surface area contributed by atoms with Gasteiger partial charge in [-0.05, 0) is 18.0 Å². The molecule has 0 aliphatic carbocycles. The van der Waals surface area contributed by atoms with Gasteiger partial charge in [0.25, 0.3) is 0 Å². The standard InChI is InChI=1S/C7H11ClN2O/c1-3-6-5(2)4-9-10(6)7(8)11/h4-6H,3H2,1-2H3. The lowest BCUT2D eigenvalue weighted by Crippen LogP contribution is -2.32. The fraction of sp³-hybridized carbons (Fsp3) is 0.714. The molecule has 0 saturated heterocycles. The third-order valence-corrected chi connectivity index (χ3v) is 2.12. The van der Waals surface area contributed by atoms with E-state index in [9.17, 15) is 4.79 Å². The maximum Gasteiger partial charge on any atom is 0.336 e. The van der Waals surface area contributed by atoms with E-state index >= 15 is 0 Å². The van der Waals surface area contributed by atoms with E-state index in [1.807, 2.05) is 13.8 Å². The van der Waals surface area contributed by atoms with E-state index < -0.39 is 5.37 Å². The molecule has 1 heterocycles. The van der Waals surface area contributed by atoms with Crippen molar-refractivity contribution in [2.75, 3.05) is 0 Å². The van der Waals surface area contributed by atoms with Crippen LogP contribution >= 0.6 is 11.6 Å². The number of carbonyl (C=O) groups is 1. The van der Waals surface area contributed by atoms with Crippen molar-refractivity contribution in [3.8, 4) is 0 Å². The number of rotatable bonds is 1. The fourth-order valence-corrected chi connectivity index (χ4v) is 1.47. The van der Waals surface area contributed by atoms with Crippen molar-refractivity contribution in [3.63, 3.8) is 0 Å². The maximum absolute atomic E-state index is 10.7. The minimum atomic E-state index is -0.488. The zero-order valence-corrected chi connectivity index (χ0v) is 7.38. The van der Waals surface area contributed by atoms with Gasteiger partial charge in [0.15, 0.2) is 0 Å². The van der Waals surface area contributed by atoms with E-state index in [1.54, 1.807) is 6.21 Å². The van der Waals surface area contributed by atoms with Crippen molar-refractivity contribution in [3.05, 3.63) is 0 Å². The monoisotopic (exact) mass is 174 g/mol. The Hall–Kier alpha value is -0.570. The molecule has 0 aromatic carbocycles. The fourth-order valence-electron chi connectivity index (χ4n) is 1.31. The molecule has 0 spiro atoms. The molecular formula is C7H11ClN2O. The molecule has 0 N–H and O–H groups in total. The lowest BCUT2D eigenvalue weighted by Gasteiger charge is -2.20. The summed E-state index contributed by atoms with van der Waals surface area (Å²) in [6.45, 7) is 4.04.